The van der Waals surface area contributed by atoms with Crippen LogP contribution in [0.5, 0.6) is 5.88 Å². The average molecular weight is 445 g/mol. The van der Waals surface area contributed by atoms with Gasteiger partial charge < -0.3 is 20.5 Å². The molecule has 1 aromatic carbocycles. The van der Waals surface area contributed by atoms with Gasteiger partial charge in [-0.05, 0) is 13.0 Å². The summed E-state index contributed by atoms with van der Waals surface area (Å²) in [5, 5.41) is 2.29. The standard InChI is InChI=1S/C18H16F5N5O3/c1-17(5-12(18(21,22)23)31-16(24)28-17)9-3-8(4-10(19)14(9)20)27-15(29)11-6-26-13(30-2)7-25-11/h3-4,6-7,12H,5H2,1-2H3,(H2,24,28)(H,27,29). The number of amides is 1. The first-order chi connectivity index (χ1) is 14.4. The van der Waals surface area contributed by atoms with Crippen LogP contribution in [-0.2, 0) is 10.3 Å². The normalized spacial score (nSPS) is 21.1. The third-order valence-corrected chi connectivity index (χ3v) is 4.50. The van der Waals surface area contributed by atoms with Crippen molar-refractivity contribution in [2.75, 3.05) is 12.4 Å². The van der Waals surface area contributed by atoms with Crippen LogP contribution < -0.4 is 15.8 Å². The van der Waals surface area contributed by atoms with Gasteiger partial charge in [0.2, 0.25) is 5.88 Å². The Morgan fingerprint density at radius 1 is 1.29 bits per heavy atom. The molecule has 2 atom stereocenters. The summed E-state index contributed by atoms with van der Waals surface area (Å²) < 4.78 is 77.6. The lowest BCUT2D eigenvalue weighted by Crippen LogP contribution is -2.46. The molecule has 1 aliphatic heterocycles. The van der Waals surface area contributed by atoms with E-state index in [1.165, 1.54) is 13.3 Å². The summed E-state index contributed by atoms with van der Waals surface area (Å²) in [5.74, 6) is -3.50. The van der Waals surface area contributed by atoms with Crippen LogP contribution in [0.1, 0.15) is 29.4 Å². The predicted octanol–water partition coefficient (Wildman–Crippen LogP) is 2.90. The Labute approximate surface area is 172 Å². The van der Waals surface area contributed by atoms with Gasteiger partial charge in [-0.3, -0.25) is 4.79 Å². The highest BCUT2D eigenvalue weighted by Crippen LogP contribution is 2.41. The van der Waals surface area contributed by atoms with Crippen LogP contribution in [0.2, 0.25) is 0 Å². The van der Waals surface area contributed by atoms with Gasteiger partial charge in [0, 0.05) is 23.7 Å². The number of benzene rings is 1. The van der Waals surface area contributed by atoms with Crippen molar-refractivity contribution in [3.63, 3.8) is 0 Å². The minimum atomic E-state index is -4.81. The molecule has 0 radical (unpaired) electrons. The quantitative estimate of drug-likeness (QED) is 0.700. The number of alkyl halides is 3. The third-order valence-electron chi connectivity index (χ3n) is 4.50. The Balaban J connectivity index is 1.95. The van der Waals surface area contributed by atoms with E-state index in [1.807, 2.05) is 0 Å². The van der Waals surface area contributed by atoms with Gasteiger partial charge in [-0.25, -0.2) is 23.7 Å². The van der Waals surface area contributed by atoms with Crippen molar-refractivity contribution < 1.29 is 36.2 Å². The molecule has 0 fully saturated rings. The highest BCUT2D eigenvalue weighted by atomic mass is 19.4. The molecule has 0 saturated carbocycles. The van der Waals surface area contributed by atoms with E-state index in [0.717, 1.165) is 19.2 Å². The molecular weight excluding hydrogens is 429 g/mol. The number of nitrogens with zero attached hydrogens (tertiary/aromatic N) is 3. The fourth-order valence-electron chi connectivity index (χ4n) is 3.00. The average Bonchev–Trinajstić information content (AvgIpc) is 2.69. The van der Waals surface area contributed by atoms with Crippen LogP contribution in [0, 0.1) is 11.6 Å². The molecule has 3 rings (SSSR count). The van der Waals surface area contributed by atoms with Gasteiger partial charge in [-0.1, -0.05) is 0 Å². The number of hydrogen-bond donors (Lipinski definition) is 2. The van der Waals surface area contributed by atoms with Crippen molar-refractivity contribution in [1.82, 2.24) is 9.97 Å². The van der Waals surface area contributed by atoms with Crippen molar-refractivity contribution in [2.24, 2.45) is 10.7 Å². The highest BCUT2D eigenvalue weighted by molar-refractivity contribution is 6.02. The molecule has 2 aromatic rings. The summed E-state index contributed by atoms with van der Waals surface area (Å²) in [6.07, 6.45) is -5.77. The van der Waals surface area contributed by atoms with E-state index in [2.05, 4.69) is 25.0 Å². The second-order valence-electron chi connectivity index (χ2n) is 6.79. The summed E-state index contributed by atoms with van der Waals surface area (Å²) in [6.45, 7) is 1.15. The number of halogens is 5. The zero-order chi connectivity index (χ0) is 23.0. The van der Waals surface area contributed by atoms with E-state index in [4.69, 9.17) is 10.5 Å². The number of nitrogens with two attached hydrogens (primary N) is 1. The van der Waals surface area contributed by atoms with Crippen LogP contribution in [0.15, 0.2) is 29.5 Å². The summed E-state index contributed by atoms with van der Waals surface area (Å²) in [6, 6.07) is 0.826. The summed E-state index contributed by atoms with van der Waals surface area (Å²) >= 11 is 0. The summed E-state index contributed by atoms with van der Waals surface area (Å²) in [7, 11) is 1.35. The van der Waals surface area contributed by atoms with E-state index in [9.17, 15) is 26.7 Å². The Morgan fingerprint density at radius 2 is 2.00 bits per heavy atom. The minimum Gasteiger partial charge on any atom is -0.480 e. The summed E-state index contributed by atoms with van der Waals surface area (Å²) in [4.78, 5) is 23.7. The van der Waals surface area contributed by atoms with E-state index >= 15 is 0 Å². The molecule has 2 unspecified atom stereocenters. The van der Waals surface area contributed by atoms with Crippen LogP contribution in [0.3, 0.4) is 0 Å². The first kappa shape index (κ1) is 22.2. The van der Waals surface area contributed by atoms with Crippen LogP contribution in [-0.4, -0.2) is 41.3 Å². The van der Waals surface area contributed by atoms with E-state index < -0.39 is 53.4 Å². The molecule has 1 amide bonds. The lowest BCUT2D eigenvalue weighted by molar-refractivity contribution is -0.208. The number of hydrogen-bond acceptors (Lipinski definition) is 7. The lowest BCUT2D eigenvalue weighted by atomic mass is 9.85. The molecule has 1 aromatic heterocycles. The zero-order valence-electron chi connectivity index (χ0n) is 16.1. The molecule has 0 aliphatic carbocycles. The second-order valence-corrected chi connectivity index (χ2v) is 6.79. The van der Waals surface area contributed by atoms with Gasteiger partial charge >= 0.3 is 6.18 Å². The van der Waals surface area contributed by atoms with Gasteiger partial charge in [0.1, 0.15) is 5.69 Å². The number of aliphatic imine (C=N–C) groups is 1. The molecule has 166 valence electrons. The first-order valence-corrected chi connectivity index (χ1v) is 8.68. The SMILES string of the molecule is COc1cnc(C(=O)Nc2cc(F)c(F)c(C3(C)CC(C(F)(F)F)OC(N)=N3)c2)cn1. The maximum Gasteiger partial charge on any atom is 0.425 e. The highest BCUT2D eigenvalue weighted by Gasteiger charge is 2.50. The third kappa shape index (κ3) is 4.64. The topological polar surface area (TPSA) is 112 Å². The van der Waals surface area contributed by atoms with E-state index in [1.54, 1.807) is 0 Å². The number of anilines is 1. The molecular formula is C18H16F5N5O3. The fourth-order valence-corrected chi connectivity index (χ4v) is 3.00. The number of nitrogens with one attached hydrogen (secondary N) is 1. The fraction of sp³-hybridized carbons (Fsp3) is 0.333. The number of aromatic nitrogens is 2. The number of rotatable bonds is 4. The Morgan fingerprint density at radius 3 is 2.58 bits per heavy atom. The molecule has 13 heteroatoms. The van der Waals surface area contributed by atoms with Crippen molar-refractivity contribution in [2.45, 2.75) is 31.2 Å². The maximum atomic E-state index is 14.5. The van der Waals surface area contributed by atoms with Crippen LogP contribution in [0.25, 0.3) is 0 Å². The second kappa shape index (κ2) is 7.96. The Hall–Kier alpha value is -3.51. The molecule has 3 N–H and O–H groups in total. The molecule has 8 nitrogen and oxygen atoms in total. The molecule has 0 spiro atoms. The largest absolute Gasteiger partial charge is 0.480 e. The molecule has 2 heterocycles. The van der Waals surface area contributed by atoms with Gasteiger partial charge in [0.25, 0.3) is 11.9 Å². The molecule has 0 saturated heterocycles. The number of ether oxygens (including phenoxy) is 2. The first-order valence-electron chi connectivity index (χ1n) is 8.68. The van der Waals surface area contributed by atoms with Gasteiger partial charge in [0.15, 0.2) is 17.7 Å². The maximum absolute atomic E-state index is 14.5. The van der Waals surface area contributed by atoms with E-state index in [-0.39, 0.29) is 17.3 Å². The monoisotopic (exact) mass is 445 g/mol. The predicted molar refractivity (Wildman–Crippen MR) is 97.4 cm³/mol. The van der Waals surface area contributed by atoms with Crippen LogP contribution >= 0.6 is 0 Å². The smallest absolute Gasteiger partial charge is 0.425 e. The molecule has 31 heavy (non-hydrogen) atoms. The number of carbonyl (C=O) groups is 1. The summed E-state index contributed by atoms with van der Waals surface area (Å²) in [5.41, 5.74) is 2.51. The van der Waals surface area contributed by atoms with Crippen molar-refractivity contribution in [1.29, 1.82) is 0 Å². The Kier molecular flexibility index (Phi) is 5.70. The lowest BCUT2D eigenvalue weighted by Gasteiger charge is -2.36. The van der Waals surface area contributed by atoms with Crippen molar-refractivity contribution >= 4 is 17.6 Å². The van der Waals surface area contributed by atoms with E-state index in [0.29, 0.717) is 6.07 Å². The number of amidine groups is 1. The number of carbonyl (C=O) groups excluding carboxylic acids is 1. The zero-order valence-corrected chi connectivity index (χ0v) is 16.1. The molecule has 0 bridgehead atoms. The minimum absolute atomic E-state index is 0.147. The number of methoxy groups -OCH3 is 1. The Bertz CT molecular complexity index is 1030. The van der Waals surface area contributed by atoms with Gasteiger partial charge in [-0.2, -0.15) is 13.2 Å². The molecule has 1 aliphatic rings. The van der Waals surface area contributed by atoms with Gasteiger partial charge in [0.05, 0.1) is 25.0 Å². The van der Waals surface area contributed by atoms with Crippen molar-refractivity contribution in [3.8, 4) is 5.88 Å². The van der Waals surface area contributed by atoms with Crippen molar-refractivity contribution in [3.05, 3.63) is 47.4 Å². The van der Waals surface area contributed by atoms with Crippen LogP contribution in [0.4, 0.5) is 27.6 Å². The van der Waals surface area contributed by atoms with Gasteiger partial charge in [-0.15, -0.1) is 0 Å².